The normalized spacial score (nSPS) is 22.1. The molecule has 3 heterocycles. The Morgan fingerprint density at radius 1 is 1.06 bits per heavy atom. The van der Waals surface area contributed by atoms with E-state index >= 15 is 0 Å². The van der Waals surface area contributed by atoms with Crippen molar-refractivity contribution in [1.29, 1.82) is 0 Å². The Kier molecular flexibility index (Phi) is 5.35. The van der Waals surface area contributed by atoms with Gasteiger partial charge in [0.1, 0.15) is 5.84 Å². The Hall–Kier alpha value is -2.94. The van der Waals surface area contributed by atoms with Gasteiger partial charge in [-0.05, 0) is 44.3 Å². The van der Waals surface area contributed by atoms with Crippen molar-refractivity contribution in [3.05, 3.63) is 59.9 Å². The zero-order chi connectivity index (χ0) is 21.3. The van der Waals surface area contributed by atoms with Crippen LogP contribution in [-0.2, 0) is 5.79 Å². The number of benzene rings is 2. The lowest BCUT2D eigenvalue weighted by molar-refractivity contribution is 0.153. The van der Waals surface area contributed by atoms with Crippen LogP contribution in [0.3, 0.4) is 0 Å². The molecule has 1 aromatic heterocycles. The van der Waals surface area contributed by atoms with Crippen LogP contribution in [0.15, 0.2) is 53.5 Å². The summed E-state index contributed by atoms with van der Waals surface area (Å²) in [7, 11) is 2.19. The highest BCUT2D eigenvalue weighted by atomic mass is 15.3. The summed E-state index contributed by atoms with van der Waals surface area (Å²) in [5.74, 6) is 0.239. The quantitative estimate of drug-likeness (QED) is 0.471. The number of aromatic amines is 1. The predicted octanol–water partition coefficient (Wildman–Crippen LogP) is 1.73. The second kappa shape index (κ2) is 8.30. The van der Waals surface area contributed by atoms with Gasteiger partial charge in [0, 0.05) is 44.0 Å². The molecular weight excluding hydrogens is 388 g/mol. The van der Waals surface area contributed by atoms with Crippen molar-refractivity contribution in [3.63, 3.8) is 0 Å². The van der Waals surface area contributed by atoms with Gasteiger partial charge < -0.3 is 25.4 Å². The van der Waals surface area contributed by atoms with Crippen molar-refractivity contribution >= 4 is 22.6 Å². The first-order valence-electron chi connectivity index (χ1n) is 11.0. The van der Waals surface area contributed by atoms with Crippen LogP contribution in [0.1, 0.15) is 17.8 Å². The number of hydrogen-bond acceptors (Lipinski definition) is 7. The van der Waals surface area contributed by atoms with Crippen LogP contribution in [-0.4, -0.2) is 71.9 Å². The van der Waals surface area contributed by atoms with Crippen LogP contribution in [0.25, 0.3) is 11.0 Å². The van der Waals surface area contributed by atoms with Gasteiger partial charge in [-0.2, -0.15) is 0 Å². The molecule has 2 aliphatic rings. The molecule has 1 atom stereocenters. The van der Waals surface area contributed by atoms with Gasteiger partial charge in [0.15, 0.2) is 5.82 Å². The lowest BCUT2D eigenvalue weighted by Crippen LogP contribution is -2.49. The summed E-state index contributed by atoms with van der Waals surface area (Å²) in [6, 6.07) is 16.0. The van der Waals surface area contributed by atoms with E-state index in [1.807, 2.05) is 42.5 Å². The van der Waals surface area contributed by atoms with E-state index in [1.54, 1.807) is 0 Å². The second-order valence-corrected chi connectivity index (χ2v) is 8.43. The van der Waals surface area contributed by atoms with E-state index in [1.165, 1.54) is 0 Å². The van der Waals surface area contributed by atoms with Gasteiger partial charge in [0.05, 0.1) is 11.0 Å². The zero-order valence-corrected chi connectivity index (χ0v) is 17.9. The Morgan fingerprint density at radius 2 is 1.84 bits per heavy atom. The Bertz CT molecular complexity index is 1050. The van der Waals surface area contributed by atoms with Gasteiger partial charge in [0.25, 0.3) is 0 Å². The molecule has 31 heavy (non-hydrogen) atoms. The van der Waals surface area contributed by atoms with Crippen molar-refractivity contribution in [2.75, 3.05) is 51.6 Å². The maximum Gasteiger partial charge on any atom is 0.244 e. The molecule has 0 spiro atoms. The van der Waals surface area contributed by atoms with Crippen LogP contribution in [0.4, 0.5) is 5.69 Å². The van der Waals surface area contributed by atoms with Crippen LogP contribution in [0.2, 0.25) is 0 Å². The van der Waals surface area contributed by atoms with Gasteiger partial charge >= 0.3 is 0 Å². The molecule has 162 valence electrons. The van der Waals surface area contributed by atoms with E-state index in [4.69, 9.17) is 15.7 Å². The molecular formula is C23H30N8. The fourth-order valence-electron chi connectivity index (χ4n) is 4.23. The third-order valence-corrected chi connectivity index (χ3v) is 6.09. The van der Waals surface area contributed by atoms with Crippen molar-refractivity contribution in [3.8, 4) is 0 Å². The second-order valence-electron chi connectivity index (χ2n) is 8.43. The number of fused-ring (bicyclic) bond motifs is 2. The fraction of sp³-hybridized carbons (Fsp3) is 0.391. The van der Waals surface area contributed by atoms with Crippen LogP contribution in [0.5, 0.6) is 0 Å². The summed E-state index contributed by atoms with van der Waals surface area (Å²) in [4.78, 5) is 17.8. The summed E-state index contributed by atoms with van der Waals surface area (Å²) in [6.07, 6.45) is 1.06. The minimum absolute atomic E-state index is 0.597. The monoisotopic (exact) mass is 418 g/mol. The van der Waals surface area contributed by atoms with Crippen LogP contribution >= 0.6 is 0 Å². The average molecular weight is 419 g/mol. The lowest BCUT2D eigenvalue weighted by Gasteiger charge is -2.33. The van der Waals surface area contributed by atoms with E-state index in [2.05, 4.69) is 38.5 Å². The Labute approximate surface area is 182 Å². The Morgan fingerprint density at radius 3 is 2.68 bits per heavy atom. The molecule has 1 saturated heterocycles. The number of nitrogens with two attached hydrogens (primary N) is 1. The number of likely N-dealkylation sites (N-methyl/N-ethyl adjacent to an activating group) is 1. The maximum absolute atomic E-state index is 6.74. The fourth-order valence-corrected chi connectivity index (χ4v) is 4.23. The van der Waals surface area contributed by atoms with E-state index in [0.29, 0.717) is 5.82 Å². The molecule has 0 aliphatic carbocycles. The topological polar surface area (TPSA) is 97.6 Å². The van der Waals surface area contributed by atoms with Crippen molar-refractivity contribution in [1.82, 2.24) is 25.1 Å². The molecule has 0 bridgehead atoms. The molecule has 8 heteroatoms. The van der Waals surface area contributed by atoms with E-state index in [9.17, 15) is 0 Å². The van der Waals surface area contributed by atoms with Gasteiger partial charge in [0.2, 0.25) is 5.79 Å². The number of amidine groups is 1. The zero-order valence-electron chi connectivity index (χ0n) is 17.9. The molecule has 2 aromatic carbocycles. The van der Waals surface area contributed by atoms with Crippen LogP contribution in [0, 0.1) is 0 Å². The summed E-state index contributed by atoms with van der Waals surface area (Å²) < 4.78 is 0. The predicted molar refractivity (Wildman–Crippen MR) is 125 cm³/mol. The highest BCUT2D eigenvalue weighted by molar-refractivity contribution is 6.05. The molecule has 1 unspecified atom stereocenters. The van der Waals surface area contributed by atoms with E-state index < -0.39 is 5.79 Å². The van der Waals surface area contributed by atoms with E-state index in [-0.39, 0.29) is 0 Å². The molecule has 8 nitrogen and oxygen atoms in total. The number of anilines is 1. The largest absolute Gasteiger partial charge is 0.370 e. The number of imidazole rings is 1. The third-order valence-electron chi connectivity index (χ3n) is 6.09. The number of nitrogens with zero attached hydrogens (tertiary/aromatic N) is 4. The summed E-state index contributed by atoms with van der Waals surface area (Å²) >= 11 is 0. The van der Waals surface area contributed by atoms with Crippen molar-refractivity contribution in [2.24, 2.45) is 10.7 Å². The molecule has 0 radical (unpaired) electrons. The number of H-pyrrole nitrogens is 1. The van der Waals surface area contributed by atoms with Crippen molar-refractivity contribution in [2.45, 2.75) is 12.2 Å². The molecule has 2 aliphatic heterocycles. The first kappa shape index (κ1) is 20.0. The SMILES string of the molecule is CN1CCN(CCCNC2=NC(N)(c3nc4ccccc4[nH]3)Nc3ccccc32)CC1. The number of nitrogens with one attached hydrogen (secondary N) is 3. The van der Waals surface area contributed by atoms with E-state index in [0.717, 1.165) is 73.8 Å². The average Bonchev–Trinajstić information content (AvgIpc) is 3.23. The summed E-state index contributed by atoms with van der Waals surface area (Å²) in [6.45, 7) is 6.50. The third kappa shape index (κ3) is 4.14. The molecule has 3 aromatic rings. The van der Waals surface area contributed by atoms with Gasteiger partial charge in [-0.1, -0.05) is 24.3 Å². The molecule has 1 fully saturated rings. The number of para-hydroxylation sites is 3. The molecule has 0 saturated carbocycles. The lowest BCUT2D eigenvalue weighted by atomic mass is 10.1. The molecule has 0 amide bonds. The highest BCUT2D eigenvalue weighted by Crippen LogP contribution is 2.30. The number of aromatic nitrogens is 2. The summed E-state index contributed by atoms with van der Waals surface area (Å²) in [5, 5.41) is 6.91. The number of aliphatic imine (C=N–C) groups is 1. The first-order chi connectivity index (χ1) is 15.1. The number of rotatable bonds is 5. The molecule has 5 rings (SSSR count). The number of hydrogen-bond donors (Lipinski definition) is 4. The smallest absolute Gasteiger partial charge is 0.244 e. The van der Waals surface area contributed by atoms with Gasteiger partial charge in [-0.3, -0.25) is 5.73 Å². The summed E-state index contributed by atoms with van der Waals surface area (Å²) in [5.41, 5.74) is 10.5. The van der Waals surface area contributed by atoms with Crippen molar-refractivity contribution < 1.29 is 0 Å². The van der Waals surface area contributed by atoms with Crippen LogP contribution < -0.4 is 16.4 Å². The highest BCUT2D eigenvalue weighted by Gasteiger charge is 2.35. The first-order valence-corrected chi connectivity index (χ1v) is 11.0. The van der Waals surface area contributed by atoms with Gasteiger partial charge in [-0.15, -0.1) is 0 Å². The minimum atomic E-state index is -1.16. The minimum Gasteiger partial charge on any atom is -0.370 e. The van der Waals surface area contributed by atoms with Gasteiger partial charge in [-0.25, -0.2) is 9.98 Å². The molecule has 5 N–H and O–H groups in total. The maximum atomic E-state index is 6.74. The Balaban J connectivity index is 1.33. The standard InChI is InChI=1S/C23H30N8/c1-30-13-15-31(16-14-30)12-6-11-25-21-17-7-2-3-8-18(17)28-23(24,29-21)22-26-19-9-4-5-10-20(19)27-22/h2-5,7-10,28H,6,11-16,24H2,1H3,(H,25,29)(H,26,27). The number of piperazine rings is 1.